The highest BCUT2D eigenvalue weighted by atomic mass is 79.9. The first kappa shape index (κ1) is 14.9. The summed E-state index contributed by atoms with van der Waals surface area (Å²) < 4.78 is 11.7. The lowest BCUT2D eigenvalue weighted by molar-refractivity contribution is 0.0951. The molecule has 1 aliphatic rings. The predicted octanol–water partition coefficient (Wildman–Crippen LogP) is 2.97. The Labute approximate surface area is 139 Å². The van der Waals surface area contributed by atoms with Crippen molar-refractivity contribution >= 4 is 39.7 Å². The van der Waals surface area contributed by atoms with Gasteiger partial charge in [0.25, 0.3) is 5.91 Å². The number of amides is 1. The maximum Gasteiger partial charge on any atom is 0.287 e. The van der Waals surface area contributed by atoms with Gasteiger partial charge in [-0.3, -0.25) is 4.79 Å². The van der Waals surface area contributed by atoms with Gasteiger partial charge in [0.2, 0.25) is 0 Å². The molecule has 0 saturated carbocycles. The first-order valence-corrected chi connectivity index (χ1v) is 7.57. The lowest BCUT2D eigenvalue weighted by atomic mass is 10.2. The Bertz CT molecular complexity index is 745. The van der Waals surface area contributed by atoms with Gasteiger partial charge in [0.1, 0.15) is 18.9 Å². The number of rotatable bonds is 3. The van der Waals surface area contributed by atoms with Crippen LogP contribution in [0.1, 0.15) is 16.1 Å². The van der Waals surface area contributed by atoms with Crippen LogP contribution in [0.25, 0.3) is 0 Å². The maximum absolute atomic E-state index is 11.8. The summed E-state index contributed by atoms with van der Waals surface area (Å²) in [4.78, 5) is 14.6. The van der Waals surface area contributed by atoms with E-state index in [4.69, 9.17) is 21.1 Å². The minimum atomic E-state index is -0.342. The monoisotopic (exact) mass is 383 g/mol. The quantitative estimate of drug-likeness (QED) is 0.631. The van der Waals surface area contributed by atoms with Crippen LogP contribution in [0.5, 0.6) is 11.5 Å². The van der Waals surface area contributed by atoms with Gasteiger partial charge in [-0.1, -0.05) is 11.6 Å². The molecule has 0 saturated heterocycles. The van der Waals surface area contributed by atoms with Gasteiger partial charge in [-0.25, -0.2) is 5.43 Å². The van der Waals surface area contributed by atoms with Crippen LogP contribution < -0.4 is 14.9 Å². The average Bonchev–Trinajstić information content (AvgIpc) is 2.94. The molecule has 8 heteroatoms. The highest BCUT2D eigenvalue weighted by Crippen LogP contribution is 2.37. The molecule has 22 heavy (non-hydrogen) atoms. The zero-order valence-electron chi connectivity index (χ0n) is 11.2. The number of H-pyrrole nitrogens is 1. The van der Waals surface area contributed by atoms with Crippen LogP contribution in [0.15, 0.2) is 34.0 Å². The molecule has 0 spiro atoms. The predicted molar refractivity (Wildman–Crippen MR) is 86.0 cm³/mol. The van der Waals surface area contributed by atoms with Crippen LogP contribution in [-0.2, 0) is 0 Å². The Morgan fingerprint density at radius 3 is 2.95 bits per heavy atom. The third-order valence-electron chi connectivity index (χ3n) is 2.89. The molecule has 0 radical (unpaired) electrons. The van der Waals surface area contributed by atoms with Crippen LogP contribution in [0.4, 0.5) is 0 Å². The number of carbonyl (C=O) groups is 1. The molecule has 1 amide bonds. The number of fused-ring (bicyclic) bond motifs is 1. The molecule has 1 aromatic heterocycles. The number of ether oxygens (including phenoxy) is 2. The van der Waals surface area contributed by atoms with Crippen LogP contribution in [0.2, 0.25) is 5.02 Å². The van der Waals surface area contributed by atoms with Gasteiger partial charge in [0.15, 0.2) is 11.5 Å². The first-order valence-electron chi connectivity index (χ1n) is 6.40. The molecule has 0 unspecified atom stereocenters. The lowest BCUT2D eigenvalue weighted by Gasteiger charge is -2.19. The Morgan fingerprint density at radius 1 is 1.36 bits per heavy atom. The summed E-state index contributed by atoms with van der Waals surface area (Å²) in [5.74, 6) is 0.760. The van der Waals surface area contributed by atoms with Crippen molar-refractivity contribution in [3.05, 3.63) is 45.1 Å². The molecular formula is C14H11BrClN3O3. The zero-order valence-corrected chi connectivity index (χ0v) is 13.6. The maximum atomic E-state index is 11.8. The van der Waals surface area contributed by atoms with Gasteiger partial charge in [-0.2, -0.15) is 5.10 Å². The van der Waals surface area contributed by atoms with Crippen LogP contribution in [-0.4, -0.2) is 30.3 Å². The van der Waals surface area contributed by atoms with Crippen molar-refractivity contribution in [3.63, 3.8) is 0 Å². The first-order chi connectivity index (χ1) is 10.6. The summed E-state index contributed by atoms with van der Waals surface area (Å²) in [6.45, 7) is 0.949. The van der Waals surface area contributed by atoms with E-state index in [1.165, 1.54) is 6.21 Å². The summed E-state index contributed by atoms with van der Waals surface area (Å²) in [5, 5.41) is 4.35. The molecular weight excluding hydrogens is 374 g/mol. The Morgan fingerprint density at radius 2 is 2.18 bits per heavy atom. The molecule has 3 rings (SSSR count). The normalized spacial score (nSPS) is 13.4. The summed E-state index contributed by atoms with van der Waals surface area (Å²) in [5.41, 5.74) is 3.53. The van der Waals surface area contributed by atoms with Crippen LogP contribution in [0.3, 0.4) is 0 Å². The van der Waals surface area contributed by atoms with E-state index >= 15 is 0 Å². The molecule has 0 bridgehead atoms. The molecule has 2 heterocycles. The summed E-state index contributed by atoms with van der Waals surface area (Å²) in [6.07, 6.45) is 3.15. The number of halogens is 2. The minimum Gasteiger partial charge on any atom is -0.486 e. The van der Waals surface area contributed by atoms with Crippen molar-refractivity contribution in [2.45, 2.75) is 0 Å². The standard InChI is InChI=1S/C14H11BrClN3O3/c15-9-5-11(17-7-9)14(20)19-18-6-8-3-10(16)13-12(4-8)21-1-2-22-13/h3-7,17H,1-2H2,(H,19,20)/b18-6-. The number of aromatic amines is 1. The summed E-state index contributed by atoms with van der Waals surface area (Å²) >= 11 is 9.38. The largest absolute Gasteiger partial charge is 0.486 e. The average molecular weight is 385 g/mol. The van der Waals surface area contributed by atoms with Gasteiger partial charge >= 0.3 is 0 Å². The topological polar surface area (TPSA) is 75.7 Å². The number of nitrogens with one attached hydrogen (secondary N) is 2. The second kappa shape index (κ2) is 6.41. The number of carbonyl (C=O) groups excluding carboxylic acids is 1. The summed E-state index contributed by atoms with van der Waals surface area (Å²) in [7, 11) is 0. The number of aromatic nitrogens is 1. The Kier molecular flexibility index (Phi) is 4.35. The van der Waals surface area contributed by atoms with E-state index in [2.05, 4.69) is 31.4 Å². The fourth-order valence-corrected chi connectivity index (χ4v) is 2.55. The van der Waals surface area contributed by atoms with E-state index in [0.717, 1.165) is 4.47 Å². The highest BCUT2D eigenvalue weighted by molar-refractivity contribution is 9.10. The van der Waals surface area contributed by atoms with E-state index in [9.17, 15) is 4.79 Å². The Hall–Kier alpha value is -1.99. The number of benzene rings is 1. The lowest BCUT2D eigenvalue weighted by Crippen LogP contribution is -2.18. The molecule has 0 fully saturated rings. The van der Waals surface area contributed by atoms with E-state index < -0.39 is 0 Å². The molecule has 6 nitrogen and oxygen atoms in total. The number of hydrazone groups is 1. The van der Waals surface area contributed by atoms with Gasteiger partial charge in [0.05, 0.1) is 11.2 Å². The van der Waals surface area contributed by atoms with Crippen molar-refractivity contribution < 1.29 is 14.3 Å². The van der Waals surface area contributed by atoms with Crippen molar-refractivity contribution in [2.24, 2.45) is 5.10 Å². The van der Waals surface area contributed by atoms with Crippen molar-refractivity contribution in [1.82, 2.24) is 10.4 Å². The molecule has 1 aliphatic heterocycles. The van der Waals surface area contributed by atoms with Crippen LogP contribution in [0, 0.1) is 0 Å². The van der Waals surface area contributed by atoms with Crippen LogP contribution >= 0.6 is 27.5 Å². The third kappa shape index (κ3) is 3.26. The van der Waals surface area contributed by atoms with Gasteiger partial charge in [-0.15, -0.1) is 0 Å². The third-order valence-corrected chi connectivity index (χ3v) is 3.63. The molecule has 2 N–H and O–H groups in total. The van der Waals surface area contributed by atoms with Crippen molar-refractivity contribution in [1.29, 1.82) is 0 Å². The number of hydrogen-bond acceptors (Lipinski definition) is 4. The molecule has 114 valence electrons. The molecule has 0 aliphatic carbocycles. The van der Waals surface area contributed by atoms with E-state index in [1.54, 1.807) is 24.4 Å². The molecule has 1 aromatic carbocycles. The van der Waals surface area contributed by atoms with Crippen molar-refractivity contribution in [3.8, 4) is 11.5 Å². The van der Waals surface area contributed by atoms with E-state index in [-0.39, 0.29) is 5.91 Å². The van der Waals surface area contributed by atoms with Gasteiger partial charge in [0, 0.05) is 10.7 Å². The van der Waals surface area contributed by atoms with E-state index in [1.807, 2.05) is 0 Å². The smallest absolute Gasteiger partial charge is 0.287 e. The van der Waals surface area contributed by atoms with Gasteiger partial charge < -0.3 is 14.5 Å². The number of nitrogens with zero attached hydrogens (tertiary/aromatic N) is 1. The molecule has 0 atom stereocenters. The SMILES string of the molecule is O=C(N/N=C\c1cc(Cl)c2c(c1)OCCO2)c1cc(Br)c[nH]1. The fourth-order valence-electron chi connectivity index (χ4n) is 1.93. The fraction of sp³-hybridized carbons (Fsp3) is 0.143. The van der Waals surface area contributed by atoms with Crippen molar-refractivity contribution in [2.75, 3.05) is 13.2 Å². The number of hydrogen-bond donors (Lipinski definition) is 2. The Balaban J connectivity index is 1.70. The molecule has 2 aromatic rings. The minimum absolute atomic E-state index is 0.342. The van der Waals surface area contributed by atoms with E-state index in [0.29, 0.717) is 41.0 Å². The second-order valence-electron chi connectivity index (χ2n) is 4.46. The summed E-state index contributed by atoms with van der Waals surface area (Å²) in [6, 6.07) is 5.10. The highest BCUT2D eigenvalue weighted by Gasteiger charge is 2.16. The second-order valence-corrected chi connectivity index (χ2v) is 5.78. The zero-order chi connectivity index (χ0) is 15.5. The van der Waals surface area contributed by atoms with Gasteiger partial charge in [-0.05, 0) is 39.7 Å².